The van der Waals surface area contributed by atoms with Gasteiger partial charge in [0.1, 0.15) is 5.92 Å². The number of fused-ring (bicyclic) bond motifs is 1. The smallest absolute Gasteiger partial charge is 0.189 e. The van der Waals surface area contributed by atoms with Gasteiger partial charge in [-0.25, -0.2) is 0 Å². The van der Waals surface area contributed by atoms with Crippen LogP contribution in [-0.4, -0.2) is 30.2 Å². The molecule has 0 radical (unpaired) electrons. The molecule has 1 aliphatic carbocycles. The minimum absolute atomic E-state index is 0.0784. The number of nitrogens with one attached hydrogen (secondary N) is 1. The molecule has 1 aromatic carbocycles. The van der Waals surface area contributed by atoms with Crippen LogP contribution in [0.5, 0.6) is 0 Å². The molecule has 0 bridgehead atoms. The standard InChI is InChI=1S/C21H20IN5/c1-2-7-27-8-6-16-17(10-23)20(26)21(12-24,13-25)19(18(16)11-27)14-4-3-5-15(22)9-14/h3-6,9,17-19,26H,2,7-8,11H2,1H3/t17?,18-,19+/m1/s1. The van der Waals surface area contributed by atoms with Crippen LogP contribution < -0.4 is 0 Å². The molecule has 1 heterocycles. The maximum atomic E-state index is 10.0. The third kappa shape index (κ3) is 3.16. The van der Waals surface area contributed by atoms with E-state index in [-0.39, 0.29) is 11.6 Å². The molecule has 5 nitrogen and oxygen atoms in total. The lowest BCUT2D eigenvalue weighted by Crippen LogP contribution is -2.53. The molecule has 0 spiro atoms. The SMILES string of the molecule is CCCN1CC=C2C(C#N)C(=N)C(C#N)(C#N)[C@@H](c3cccc(I)c3)[C@@H]2C1. The Morgan fingerprint density at radius 2 is 2.04 bits per heavy atom. The highest BCUT2D eigenvalue weighted by molar-refractivity contribution is 14.1. The molecule has 6 heteroatoms. The highest BCUT2D eigenvalue weighted by Crippen LogP contribution is 2.53. The van der Waals surface area contributed by atoms with Crippen LogP contribution in [0.2, 0.25) is 0 Å². The fourth-order valence-corrected chi connectivity index (χ4v) is 5.01. The monoisotopic (exact) mass is 469 g/mol. The van der Waals surface area contributed by atoms with Crippen LogP contribution >= 0.6 is 22.6 Å². The average molecular weight is 469 g/mol. The van der Waals surface area contributed by atoms with Crippen LogP contribution in [-0.2, 0) is 0 Å². The first kappa shape index (κ1) is 19.5. The van der Waals surface area contributed by atoms with Crippen LogP contribution in [0.1, 0.15) is 24.8 Å². The number of benzene rings is 1. The topological polar surface area (TPSA) is 98.5 Å². The van der Waals surface area contributed by atoms with Crippen molar-refractivity contribution in [1.82, 2.24) is 4.90 Å². The fourth-order valence-electron chi connectivity index (χ4n) is 4.44. The van der Waals surface area contributed by atoms with Gasteiger partial charge in [-0.2, -0.15) is 15.8 Å². The van der Waals surface area contributed by atoms with Crippen molar-refractivity contribution in [2.75, 3.05) is 19.6 Å². The van der Waals surface area contributed by atoms with Gasteiger partial charge in [-0.05, 0) is 58.8 Å². The number of rotatable bonds is 3. The van der Waals surface area contributed by atoms with Crippen LogP contribution in [0.15, 0.2) is 35.9 Å². The van der Waals surface area contributed by atoms with E-state index in [0.29, 0.717) is 6.54 Å². The molecule has 0 aromatic heterocycles. The van der Waals surface area contributed by atoms with Crippen molar-refractivity contribution in [3.05, 3.63) is 45.0 Å². The predicted octanol–water partition coefficient (Wildman–Crippen LogP) is 3.85. The van der Waals surface area contributed by atoms with Gasteiger partial charge in [0, 0.05) is 28.5 Å². The zero-order chi connectivity index (χ0) is 19.6. The molecule has 1 unspecified atom stereocenters. The summed E-state index contributed by atoms with van der Waals surface area (Å²) in [6, 6.07) is 14.3. The van der Waals surface area contributed by atoms with E-state index in [1.165, 1.54) is 0 Å². The summed E-state index contributed by atoms with van der Waals surface area (Å²) in [5.41, 5.74) is 0.0905. The second kappa shape index (κ2) is 7.80. The lowest BCUT2D eigenvalue weighted by atomic mass is 9.54. The molecule has 1 aromatic rings. The van der Waals surface area contributed by atoms with Crippen molar-refractivity contribution in [2.45, 2.75) is 19.3 Å². The number of halogens is 1. The minimum Gasteiger partial charge on any atom is -0.305 e. The molecular formula is C21H20IN5. The summed E-state index contributed by atoms with van der Waals surface area (Å²) in [5, 5.41) is 38.4. The number of hydrogen-bond donors (Lipinski definition) is 1. The van der Waals surface area contributed by atoms with Crippen LogP contribution in [0.4, 0.5) is 0 Å². The Morgan fingerprint density at radius 3 is 2.63 bits per heavy atom. The molecule has 0 amide bonds. The first-order chi connectivity index (χ1) is 13.0. The van der Waals surface area contributed by atoms with Crippen molar-refractivity contribution >= 4 is 28.3 Å². The Hall–Kier alpha value is -2.21. The lowest BCUT2D eigenvalue weighted by molar-refractivity contribution is 0.204. The van der Waals surface area contributed by atoms with Crippen molar-refractivity contribution in [1.29, 1.82) is 21.2 Å². The summed E-state index contributed by atoms with van der Waals surface area (Å²) in [6.45, 7) is 4.50. The van der Waals surface area contributed by atoms with Gasteiger partial charge < -0.3 is 5.41 Å². The molecule has 3 atom stereocenters. The summed E-state index contributed by atoms with van der Waals surface area (Å²) in [5.74, 6) is -1.37. The van der Waals surface area contributed by atoms with Crippen molar-refractivity contribution in [2.24, 2.45) is 17.3 Å². The number of hydrogen-bond acceptors (Lipinski definition) is 5. The Labute approximate surface area is 173 Å². The third-order valence-corrected chi connectivity index (χ3v) is 6.28. The molecule has 1 aliphatic heterocycles. The lowest BCUT2D eigenvalue weighted by Gasteiger charge is -2.47. The first-order valence-corrected chi connectivity index (χ1v) is 10.1. The van der Waals surface area contributed by atoms with E-state index >= 15 is 0 Å². The molecule has 1 N–H and O–H groups in total. The third-order valence-electron chi connectivity index (χ3n) is 5.61. The van der Waals surface area contributed by atoms with Gasteiger partial charge in [-0.15, -0.1) is 0 Å². The van der Waals surface area contributed by atoms with Crippen molar-refractivity contribution in [3.63, 3.8) is 0 Å². The van der Waals surface area contributed by atoms with Gasteiger partial charge in [-0.3, -0.25) is 4.90 Å². The Kier molecular flexibility index (Phi) is 5.65. The van der Waals surface area contributed by atoms with E-state index in [9.17, 15) is 15.8 Å². The summed E-state index contributed by atoms with van der Waals surface area (Å²) < 4.78 is 1.02. The Morgan fingerprint density at radius 1 is 1.30 bits per heavy atom. The zero-order valence-electron chi connectivity index (χ0n) is 15.1. The molecule has 1 fully saturated rings. The maximum absolute atomic E-state index is 10.0. The largest absolute Gasteiger partial charge is 0.305 e. The van der Waals surface area contributed by atoms with E-state index in [2.05, 4.69) is 52.6 Å². The van der Waals surface area contributed by atoms with Gasteiger partial charge in [0.05, 0.1) is 23.9 Å². The van der Waals surface area contributed by atoms with Gasteiger partial charge in [0.25, 0.3) is 0 Å². The summed E-state index contributed by atoms with van der Waals surface area (Å²) in [7, 11) is 0. The van der Waals surface area contributed by atoms with Crippen molar-refractivity contribution in [3.8, 4) is 18.2 Å². The Bertz CT molecular complexity index is 900. The van der Waals surface area contributed by atoms with Gasteiger partial charge in [0.15, 0.2) is 5.41 Å². The molecule has 0 saturated heterocycles. The first-order valence-electron chi connectivity index (χ1n) is 9.01. The highest BCUT2D eigenvalue weighted by atomic mass is 127. The summed E-state index contributed by atoms with van der Waals surface area (Å²) >= 11 is 2.22. The predicted molar refractivity (Wildman–Crippen MR) is 111 cm³/mol. The van der Waals surface area contributed by atoms with Crippen LogP contribution in [0, 0.1) is 60.2 Å². The second-order valence-corrected chi connectivity index (χ2v) is 8.36. The van der Waals surface area contributed by atoms with Crippen molar-refractivity contribution < 1.29 is 0 Å². The van der Waals surface area contributed by atoms with Gasteiger partial charge >= 0.3 is 0 Å². The normalized spacial score (nSPS) is 26.9. The minimum atomic E-state index is -1.62. The quantitative estimate of drug-likeness (QED) is 0.537. The summed E-state index contributed by atoms with van der Waals surface area (Å²) in [6.07, 6.45) is 3.06. The second-order valence-electron chi connectivity index (χ2n) is 7.11. The summed E-state index contributed by atoms with van der Waals surface area (Å²) in [4.78, 5) is 2.30. The fraction of sp³-hybridized carbons (Fsp3) is 0.429. The van der Waals surface area contributed by atoms with Crippen LogP contribution in [0.3, 0.4) is 0 Å². The van der Waals surface area contributed by atoms with E-state index in [1.54, 1.807) is 0 Å². The maximum Gasteiger partial charge on any atom is 0.189 e. The zero-order valence-corrected chi connectivity index (χ0v) is 17.3. The Balaban J connectivity index is 2.22. The van der Waals surface area contributed by atoms with E-state index < -0.39 is 17.3 Å². The molecule has 1 saturated carbocycles. The van der Waals surface area contributed by atoms with Gasteiger partial charge in [-0.1, -0.05) is 25.1 Å². The van der Waals surface area contributed by atoms with Gasteiger partial charge in [0.2, 0.25) is 0 Å². The van der Waals surface area contributed by atoms with E-state index in [1.807, 2.05) is 30.3 Å². The molecule has 27 heavy (non-hydrogen) atoms. The highest BCUT2D eigenvalue weighted by Gasteiger charge is 2.57. The van der Waals surface area contributed by atoms with E-state index in [4.69, 9.17) is 5.41 Å². The number of nitriles is 3. The van der Waals surface area contributed by atoms with Crippen LogP contribution in [0.25, 0.3) is 0 Å². The number of nitrogens with zero attached hydrogens (tertiary/aromatic N) is 4. The molecular weight excluding hydrogens is 449 g/mol. The molecule has 2 aliphatic rings. The molecule has 136 valence electrons. The van der Waals surface area contributed by atoms with E-state index in [0.717, 1.165) is 34.2 Å². The average Bonchev–Trinajstić information content (AvgIpc) is 2.67. The molecule has 3 rings (SSSR count).